The summed E-state index contributed by atoms with van der Waals surface area (Å²) in [6, 6.07) is 0. The molecule has 28 heavy (non-hydrogen) atoms. The fourth-order valence-corrected chi connectivity index (χ4v) is 3.62. The lowest BCUT2D eigenvalue weighted by atomic mass is 9.96. The lowest BCUT2D eigenvalue weighted by Crippen LogP contribution is -2.52. The minimum Gasteiger partial charge on any atom is -0.342 e. The molecule has 2 amide bonds. The lowest BCUT2D eigenvalue weighted by molar-refractivity contribution is -0.135. The predicted molar refractivity (Wildman–Crippen MR) is 105 cm³/mol. The molecule has 0 bridgehead atoms. The molecule has 0 spiro atoms. The zero-order chi connectivity index (χ0) is 20.1. The van der Waals surface area contributed by atoms with Gasteiger partial charge in [-0.15, -0.1) is 0 Å². The highest BCUT2D eigenvalue weighted by atomic mass is 16.5. The van der Waals surface area contributed by atoms with Crippen LogP contribution in [0, 0.1) is 0 Å². The number of hydrogen-bond acceptors (Lipinski definition) is 6. The van der Waals surface area contributed by atoms with Crippen LogP contribution in [0.4, 0.5) is 0 Å². The van der Waals surface area contributed by atoms with Crippen molar-refractivity contribution in [2.24, 2.45) is 0 Å². The van der Waals surface area contributed by atoms with Crippen molar-refractivity contribution < 1.29 is 14.1 Å². The molecular formula is C20H33N5O3. The first-order valence-electron chi connectivity index (χ1n) is 10.4. The Labute approximate surface area is 167 Å². The molecule has 8 heteroatoms. The Hall–Kier alpha value is -1.96. The van der Waals surface area contributed by atoms with E-state index in [0.717, 1.165) is 39.0 Å². The largest absolute Gasteiger partial charge is 0.342 e. The Bertz CT molecular complexity index is 668. The highest BCUT2D eigenvalue weighted by Crippen LogP contribution is 2.19. The molecule has 2 saturated heterocycles. The van der Waals surface area contributed by atoms with Crippen LogP contribution in [0.25, 0.3) is 0 Å². The molecule has 3 heterocycles. The molecular weight excluding hydrogens is 358 g/mol. The Morgan fingerprint density at radius 1 is 0.929 bits per heavy atom. The normalized spacial score (nSPS) is 19.1. The number of likely N-dealkylation sites (tertiary alicyclic amines) is 1. The number of rotatable bonds is 5. The summed E-state index contributed by atoms with van der Waals surface area (Å²) in [5.41, 5.74) is -0.159. The van der Waals surface area contributed by atoms with E-state index in [4.69, 9.17) is 4.52 Å². The van der Waals surface area contributed by atoms with Crippen LogP contribution < -0.4 is 0 Å². The summed E-state index contributed by atoms with van der Waals surface area (Å²) in [6.07, 6.45) is 4.30. The second kappa shape index (κ2) is 9.03. The summed E-state index contributed by atoms with van der Waals surface area (Å²) in [7, 11) is 0. The SMILES string of the molecule is CC(C)(C)c1noc(CCC(=O)N2CCN(CC(=O)N3CCCCC3)CC2)n1. The van der Waals surface area contributed by atoms with Gasteiger partial charge in [-0.1, -0.05) is 25.9 Å². The first-order valence-corrected chi connectivity index (χ1v) is 10.4. The number of hydrogen-bond donors (Lipinski definition) is 0. The van der Waals surface area contributed by atoms with Gasteiger partial charge in [0.1, 0.15) is 0 Å². The van der Waals surface area contributed by atoms with E-state index in [-0.39, 0.29) is 17.2 Å². The van der Waals surface area contributed by atoms with E-state index in [1.165, 1.54) is 6.42 Å². The Morgan fingerprint density at radius 3 is 2.18 bits per heavy atom. The zero-order valence-corrected chi connectivity index (χ0v) is 17.4. The average molecular weight is 392 g/mol. The molecule has 1 aromatic heterocycles. The monoisotopic (exact) mass is 391 g/mol. The van der Waals surface area contributed by atoms with Gasteiger partial charge in [-0.25, -0.2) is 0 Å². The topological polar surface area (TPSA) is 82.8 Å². The van der Waals surface area contributed by atoms with Crippen molar-refractivity contribution in [3.63, 3.8) is 0 Å². The molecule has 1 aromatic rings. The molecule has 0 atom stereocenters. The molecule has 0 aliphatic carbocycles. The van der Waals surface area contributed by atoms with Crippen LogP contribution in [-0.4, -0.2) is 82.5 Å². The number of carbonyl (C=O) groups is 2. The Balaban J connectivity index is 1.38. The molecule has 2 aliphatic heterocycles. The van der Waals surface area contributed by atoms with Crippen LogP contribution in [-0.2, 0) is 21.4 Å². The second-order valence-corrected chi connectivity index (χ2v) is 8.86. The van der Waals surface area contributed by atoms with Crippen LogP contribution in [0.15, 0.2) is 4.52 Å². The summed E-state index contributed by atoms with van der Waals surface area (Å²) in [4.78, 5) is 35.3. The van der Waals surface area contributed by atoms with Gasteiger partial charge in [0, 0.05) is 57.5 Å². The van der Waals surface area contributed by atoms with Gasteiger partial charge in [-0.2, -0.15) is 4.98 Å². The lowest BCUT2D eigenvalue weighted by Gasteiger charge is -2.36. The van der Waals surface area contributed by atoms with Crippen molar-refractivity contribution in [2.45, 2.75) is 58.3 Å². The van der Waals surface area contributed by atoms with Gasteiger partial charge in [0.15, 0.2) is 5.82 Å². The summed E-state index contributed by atoms with van der Waals surface area (Å²) < 4.78 is 5.27. The number of aryl methyl sites for hydroxylation is 1. The number of piperidine rings is 1. The highest BCUT2D eigenvalue weighted by molar-refractivity contribution is 5.78. The van der Waals surface area contributed by atoms with E-state index in [2.05, 4.69) is 15.0 Å². The third-order valence-electron chi connectivity index (χ3n) is 5.48. The van der Waals surface area contributed by atoms with Crippen molar-refractivity contribution in [2.75, 3.05) is 45.8 Å². The zero-order valence-electron chi connectivity index (χ0n) is 17.4. The van der Waals surface area contributed by atoms with E-state index in [1.807, 2.05) is 30.6 Å². The fourth-order valence-electron chi connectivity index (χ4n) is 3.62. The number of piperazine rings is 1. The average Bonchev–Trinajstić information content (AvgIpc) is 3.17. The summed E-state index contributed by atoms with van der Waals surface area (Å²) in [6.45, 7) is 11.2. The molecule has 0 radical (unpaired) electrons. The van der Waals surface area contributed by atoms with Crippen molar-refractivity contribution >= 4 is 11.8 Å². The Morgan fingerprint density at radius 2 is 1.57 bits per heavy atom. The molecule has 2 aliphatic rings. The molecule has 0 saturated carbocycles. The maximum atomic E-state index is 12.5. The maximum Gasteiger partial charge on any atom is 0.236 e. The van der Waals surface area contributed by atoms with Crippen molar-refractivity contribution in [3.8, 4) is 0 Å². The quantitative estimate of drug-likeness (QED) is 0.756. The minimum atomic E-state index is -0.159. The number of amides is 2. The molecule has 0 N–H and O–H groups in total. The number of aromatic nitrogens is 2. The summed E-state index contributed by atoms with van der Waals surface area (Å²) >= 11 is 0. The molecule has 8 nitrogen and oxygen atoms in total. The maximum absolute atomic E-state index is 12.5. The standard InChI is InChI=1S/C20H33N5O3/c1-20(2,3)19-21-16(28-22-19)7-8-17(26)25-13-11-23(12-14-25)15-18(27)24-9-5-4-6-10-24/h4-15H2,1-3H3. The molecule has 3 rings (SSSR count). The predicted octanol–water partition coefficient (Wildman–Crippen LogP) is 1.46. The molecule has 0 aromatic carbocycles. The number of carbonyl (C=O) groups excluding carboxylic acids is 2. The van der Waals surface area contributed by atoms with Gasteiger partial charge in [0.2, 0.25) is 17.7 Å². The van der Waals surface area contributed by atoms with Crippen molar-refractivity contribution in [1.82, 2.24) is 24.8 Å². The van der Waals surface area contributed by atoms with Gasteiger partial charge in [0.25, 0.3) is 0 Å². The van der Waals surface area contributed by atoms with Gasteiger partial charge in [-0.3, -0.25) is 14.5 Å². The van der Waals surface area contributed by atoms with E-state index in [0.29, 0.717) is 44.2 Å². The summed E-state index contributed by atoms with van der Waals surface area (Å²) in [5, 5.41) is 4.00. The van der Waals surface area contributed by atoms with Crippen molar-refractivity contribution in [3.05, 3.63) is 11.7 Å². The molecule has 156 valence electrons. The van der Waals surface area contributed by atoms with Gasteiger partial charge in [0.05, 0.1) is 6.54 Å². The van der Waals surface area contributed by atoms with Crippen LogP contribution in [0.1, 0.15) is 58.2 Å². The van der Waals surface area contributed by atoms with Crippen molar-refractivity contribution in [1.29, 1.82) is 0 Å². The second-order valence-electron chi connectivity index (χ2n) is 8.86. The molecule has 0 unspecified atom stereocenters. The third kappa shape index (κ3) is 5.53. The van der Waals surface area contributed by atoms with Crippen LogP contribution >= 0.6 is 0 Å². The van der Waals surface area contributed by atoms with Gasteiger partial charge in [-0.05, 0) is 19.3 Å². The fraction of sp³-hybridized carbons (Fsp3) is 0.800. The number of nitrogens with zero attached hydrogens (tertiary/aromatic N) is 5. The van der Waals surface area contributed by atoms with E-state index < -0.39 is 0 Å². The van der Waals surface area contributed by atoms with Gasteiger partial charge < -0.3 is 14.3 Å². The highest BCUT2D eigenvalue weighted by Gasteiger charge is 2.25. The first-order chi connectivity index (χ1) is 13.3. The van der Waals surface area contributed by atoms with E-state index >= 15 is 0 Å². The smallest absolute Gasteiger partial charge is 0.236 e. The third-order valence-corrected chi connectivity index (χ3v) is 5.48. The van der Waals surface area contributed by atoms with E-state index in [1.54, 1.807) is 0 Å². The van der Waals surface area contributed by atoms with Crippen LogP contribution in [0.5, 0.6) is 0 Å². The minimum absolute atomic E-state index is 0.109. The van der Waals surface area contributed by atoms with Crippen LogP contribution in [0.2, 0.25) is 0 Å². The van der Waals surface area contributed by atoms with E-state index in [9.17, 15) is 9.59 Å². The Kier molecular flexibility index (Phi) is 6.69. The summed E-state index contributed by atoms with van der Waals surface area (Å²) in [5.74, 6) is 1.52. The first kappa shape index (κ1) is 20.8. The van der Waals surface area contributed by atoms with Crippen LogP contribution in [0.3, 0.4) is 0 Å². The van der Waals surface area contributed by atoms with Gasteiger partial charge >= 0.3 is 0 Å². The molecule has 2 fully saturated rings.